The molecule has 0 unspecified atom stereocenters. The van der Waals surface area contributed by atoms with Gasteiger partial charge in [0.15, 0.2) is 0 Å². The van der Waals surface area contributed by atoms with E-state index in [4.69, 9.17) is 0 Å². The molecular formula is H6AsIn3PSb. The molecule has 0 radical (unpaired) electrons. The topological polar surface area (TPSA) is 0 Å². The first-order valence-electron chi connectivity index (χ1n) is 0. The van der Waals surface area contributed by atoms with Crippen molar-refractivity contribution in [3.05, 3.63) is 0 Å². The molecule has 0 amide bonds. The Bertz CT molecular complexity index is 10.8. The van der Waals surface area contributed by atoms with Crippen LogP contribution in [0.3, 0.4) is 0 Å². The summed E-state index contributed by atoms with van der Waals surface area (Å²) in [7, 11) is 0. The zero-order valence-electron chi connectivity index (χ0n) is 2.63. The van der Waals surface area contributed by atoms with Gasteiger partial charge in [-0.05, 0) is 0 Å². The first-order chi connectivity index (χ1) is 0. The van der Waals surface area contributed by atoms with Crippen molar-refractivity contribution in [2.75, 3.05) is 0 Å². The number of hydrogen-bond donors (Lipinski definition) is 0. The molecular weight excluding hydrogens is 572 g/mol. The molecule has 0 saturated carbocycles. The van der Waals surface area contributed by atoms with Crippen molar-refractivity contribution in [2.45, 2.75) is 0 Å². The fraction of sp³-hybridized carbons (Fsp3) is 0. The van der Waals surface area contributed by atoms with Crippen molar-refractivity contribution in [1.29, 1.82) is 0 Å². The van der Waals surface area contributed by atoms with Crippen LogP contribution in [0.15, 0.2) is 0 Å². The van der Waals surface area contributed by atoms with Gasteiger partial charge in [0.2, 0.25) is 0 Å². The van der Waals surface area contributed by atoms with Gasteiger partial charge in [-0.1, -0.05) is 0 Å². The molecule has 0 aliphatic carbocycles. The average Bonchev–Trinajstić information content (AvgIpc) is 0. The van der Waals surface area contributed by atoms with Gasteiger partial charge in [-0.2, -0.15) is 0 Å². The molecule has 0 aromatic carbocycles. The Morgan fingerprint density at radius 2 is 0.667 bits per heavy atom. The summed E-state index contributed by atoms with van der Waals surface area (Å²) in [6, 6.07) is 0. The van der Waals surface area contributed by atoms with Gasteiger partial charge in [-0.15, -0.1) is 0 Å². The number of hydrogen-bond acceptors (Lipinski definition) is 0. The minimum atomic E-state index is 0. The van der Waals surface area contributed by atoms with E-state index in [0.29, 0.717) is 0 Å². The zero-order valence-corrected chi connectivity index (χ0v) is 15.3. The van der Waals surface area contributed by atoms with E-state index in [-0.39, 0.29) is 130 Å². The molecule has 0 atom stereocenters. The van der Waals surface area contributed by atoms with E-state index in [1.54, 1.807) is 0 Å². The summed E-state index contributed by atoms with van der Waals surface area (Å²) in [6.45, 7) is 0. The van der Waals surface area contributed by atoms with Crippen LogP contribution in [0.2, 0.25) is 0 Å². The molecule has 6 heteroatoms. The van der Waals surface area contributed by atoms with Crippen molar-refractivity contribution in [1.82, 2.24) is 0 Å². The van der Waals surface area contributed by atoms with E-state index in [0.717, 1.165) is 0 Å². The molecule has 6 heavy (non-hydrogen) atoms. The third-order valence-corrected chi connectivity index (χ3v) is 0. The Kier molecular flexibility index (Phi) is 270. The van der Waals surface area contributed by atoms with E-state index in [9.17, 15) is 0 Å². The first-order valence-corrected chi connectivity index (χ1v) is 0. The van der Waals surface area contributed by atoms with Crippen molar-refractivity contribution < 1.29 is 0 Å². The van der Waals surface area contributed by atoms with E-state index < -0.39 is 0 Å². The van der Waals surface area contributed by atoms with Crippen molar-refractivity contribution >= 4 is 130 Å². The predicted octanol–water partition coefficient (Wildman–Crippen LogP) is -2.65. The molecule has 0 aliphatic rings. The van der Waals surface area contributed by atoms with Gasteiger partial charge in [0.1, 0.15) is 0 Å². The van der Waals surface area contributed by atoms with Crippen LogP contribution in [0.1, 0.15) is 0 Å². The van der Waals surface area contributed by atoms with Crippen LogP contribution in [-0.4, -0.2) is 120 Å². The molecule has 0 N–H and O–H groups in total. The number of rotatable bonds is 0. The predicted molar refractivity (Wildman–Crippen MR) is 44.1 cm³/mol. The van der Waals surface area contributed by atoms with Gasteiger partial charge >= 0.3 is 102 Å². The van der Waals surface area contributed by atoms with Gasteiger partial charge in [-0.3, -0.25) is 0 Å². The van der Waals surface area contributed by atoms with Gasteiger partial charge in [-0.25, -0.2) is 0 Å². The van der Waals surface area contributed by atoms with Crippen LogP contribution in [0.5, 0.6) is 0 Å². The quantitative estimate of drug-likeness (QED) is 0.218. The minimum absolute atomic E-state index is 0. The Balaban J connectivity index is 0. The fourth-order valence-electron chi connectivity index (χ4n) is 0. The summed E-state index contributed by atoms with van der Waals surface area (Å²) in [5.74, 6) is 0. The summed E-state index contributed by atoms with van der Waals surface area (Å²) in [5.41, 5.74) is 0. The first kappa shape index (κ1) is 47.3. The molecule has 30 valence electrons. The monoisotopic (exact) mass is 578 g/mol. The second-order valence-corrected chi connectivity index (χ2v) is 0. The SMILES string of the molecule is [As-3].[In+3].[In+3].[In+3].[P-3].[SbH6-3]. The van der Waals surface area contributed by atoms with E-state index in [1.165, 1.54) is 0 Å². The summed E-state index contributed by atoms with van der Waals surface area (Å²) in [6.07, 6.45) is 0. The molecule has 0 rings (SSSR count). The van der Waals surface area contributed by atoms with Gasteiger partial charge < -0.3 is 27.9 Å². The Labute approximate surface area is 127 Å². The van der Waals surface area contributed by atoms with Crippen molar-refractivity contribution in [3.63, 3.8) is 0 Å². The van der Waals surface area contributed by atoms with E-state index in [1.807, 2.05) is 0 Å². The van der Waals surface area contributed by atoms with E-state index in [2.05, 4.69) is 0 Å². The molecule has 0 fully saturated rings. The fourth-order valence-corrected chi connectivity index (χ4v) is 0. The molecule has 0 heterocycles. The zero-order chi connectivity index (χ0) is 0. The summed E-state index contributed by atoms with van der Waals surface area (Å²) in [4.78, 5) is 0. The Hall–Kier alpha value is 4.42. The average molecular weight is 578 g/mol. The maximum atomic E-state index is 0. The summed E-state index contributed by atoms with van der Waals surface area (Å²) in [5, 5.41) is 0. The molecule has 0 spiro atoms. The van der Waals surface area contributed by atoms with Gasteiger partial charge in [0.05, 0.1) is 0 Å². The summed E-state index contributed by atoms with van der Waals surface area (Å²) < 4.78 is 0. The Morgan fingerprint density at radius 3 is 0.667 bits per heavy atom. The standard InChI is InChI=1S/As.3In.P.Sb.6H/q-3;3*+3;2*-3;;;;;;. The normalized spacial score (nSPS) is 0. The molecule has 0 aromatic rings. The molecule has 0 saturated heterocycles. The van der Waals surface area contributed by atoms with Crippen LogP contribution in [0.25, 0.3) is 0 Å². The Morgan fingerprint density at radius 1 is 0.667 bits per heavy atom. The van der Waals surface area contributed by atoms with Gasteiger partial charge in [0, 0.05) is 0 Å². The maximum absolute atomic E-state index is 0. The van der Waals surface area contributed by atoms with Crippen LogP contribution in [0, 0.1) is 0 Å². The third kappa shape index (κ3) is 23.7. The van der Waals surface area contributed by atoms with Gasteiger partial charge in [0.25, 0.3) is 0 Å². The van der Waals surface area contributed by atoms with E-state index >= 15 is 0 Å². The molecule has 0 aromatic heterocycles. The summed E-state index contributed by atoms with van der Waals surface area (Å²) >= 11 is 0. The second-order valence-electron chi connectivity index (χ2n) is 0. The van der Waals surface area contributed by atoms with Crippen molar-refractivity contribution in [3.8, 4) is 0 Å². The third-order valence-electron chi connectivity index (χ3n) is 0. The van der Waals surface area contributed by atoms with Crippen LogP contribution < -0.4 is 0 Å². The van der Waals surface area contributed by atoms with Crippen LogP contribution in [-0.2, 0) is 0 Å². The molecule has 0 aliphatic heterocycles. The van der Waals surface area contributed by atoms with Crippen molar-refractivity contribution in [2.24, 2.45) is 0 Å². The second kappa shape index (κ2) is 34.2. The van der Waals surface area contributed by atoms with Crippen LogP contribution >= 0.6 is 9.90 Å². The van der Waals surface area contributed by atoms with Crippen LogP contribution in [0.4, 0.5) is 0 Å². The molecule has 0 nitrogen and oxygen atoms in total. The molecule has 0 bridgehead atoms.